The molecular formula is C15H23N3O2. The van der Waals surface area contributed by atoms with Crippen LogP contribution in [0.4, 0.5) is 0 Å². The number of hydrogen-bond donors (Lipinski definition) is 1. The number of piperidine rings is 1. The summed E-state index contributed by atoms with van der Waals surface area (Å²) in [4.78, 5) is 18.5. The van der Waals surface area contributed by atoms with Gasteiger partial charge < -0.3 is 14.6 Å². The molecule has 3 heterocycles. The maximum absolute atomic E-state index is 11.5. The summed E-state index contributed by atoms with van der Waals surface area (Å²) in [6.07, 6.45) is 6.74. The number of rotatable bonds is 3. The first-order valence-corrected chi connectivity index (χ1v) is 7.72. The lowest BCUT2D eigenvalue weighted by atomic mass is 9.94. The van der Waals surface area contributed by atoms with Gasteiger partial charge in [0.05, 0.1) is 0 Å². The molecule has 1 saturated heterocycles. The van der Waals surface area contributed by atoms with Crippen LogP contribution in [0.15, 0.2) is 6.20 Å². The van der Waals surface area contributed by atoms with E-state index in [2.05, 4.69) is 16.8 Å². The quantitative estimate of drug-likeness (QED) is 0.918. The predicted molar refractivity (Wildman–Crippen MR) is 75.9 cm³/mol. The topological polar surface area (TPSA) is 58.4 Å². The van der Waals surface area contributed by atoms with E-state index in [1.54, 1.807) is 0 Å². The number of imidazole rings is 1. The van der Waals surface area contributed by atoms with Gasteiger partial charge in [-0.1, -0.05) is 6.92 Å². The molecular weight excluding hydrogens is 254 g/mol. The highest BCUT2D eigenvalue weighted by atomic mass is 16.4. The molecule has 1 unspecified atom stereocenters. The Kier molecular flexibility index (Phi) is 3.78. The van der Waals surface area contributed by atoms with E-state index < -0.39 is 12.0 Å². The highest BCUT2D eigenvalue weighted by molar-refractivity contribution is 5.72. The number of aliphatic carboxylic acids is 1. The van der Waals surface area contributed by atoms with Crippen LogP contribution in [0.25, 0.3) is 0 Å². The second-order valence-corrected chi connectivity index (χ2v) is 5.93. The first-order chi connectivity index (χ1) is 9.70. The van der Waals surface area contributed by atoms with Crippen LogP contribution in [0.5, 0.6) is 0 Å². The largest absolute Gasteiger partial charge is 0.480 e. The Morgan fingerprint density at radius 2 is 2.15 bits per heavy atom. The second kappa shape index (κ2) is 5.56. The second-order valence-electron chi connectivity index (χ2n) is 5.93. The lowest BCUT2D eigenvalue weighted by molar-refractivity contribution is -0.141. The Labute approximate surface area is 119 Å². The summed E-state index contributed by atoms with van der Waals surface area (Å²) in [7, 11) is 0. The van der Waals surface area contributed by atoms with E-state index in [-0.39, 0.29) is 0 Å². The number of carboxylic acids is 1. The first-order valence-electron chi connectivity index (χ1n) is 7.72. The van der Waals surface area contributed by atoms with Gasteiger partial charge >= 0.3 is 5.97 Å². The van der Waals surface area contributed by atoms with Gasteiger partial charge in [0, 0.05) is 17.8 Å². The summed E-state index contributed by atoms with van der Waals surface area (Å²) in [5, 5.41) is 9.45. The van der Waals surface area contributed by atoms with Crippen molar-refractivity contribution in [3.05, 3.63) is 17.7 Å². The van der Waals surface area contributed by atoms with Crippen molar-refractivity contribution >= 4 is 5.97 Å². The molecule has 2 aliphatic heterocycles. The van der Waals surface area contributed by atoms with Crippen LogP contribution in [-0.4, -0.2) is 45.2 Å². The maximum atomic E-state index is 11.5. The van der Waals surface area contributed by atoms with Crippen LogP contribution in [0.1, 0.15) is 56.1 Å². The van der Waals surface area contributed by atoms with Crippen molar-refractivity contribution in [1.29, 1.82) is 0 Å². The van der Waals surface area contributed by atoms with Crippen LogP contribution in [0.2, 0.25) is 0 Å². The lowest BCUT2D eigenvalue weighted by Gasteiger charge is -2.32. The fourth-order valence-corrected chi connectivity index (χ4v) is 3.61. The Morgan fingerprint density at radius 1 is 1.40 bits per heavy atom. The third kappa shape index (κ3) is 2.35. The van der Waals surface area contributed by atoms with Crippen molar-refractivity contribution in [3.63, 3.8) is 0 Å². The molecule has 1 N–H and O–H groups in total. The van der Waals surface area contributed by atoms with Gasteiger partial charge in [0.25, 0.3) is 0 Å². The molecule has 5 nitrogen and oxygen atoms in total. The SMILES string of the molecule is CCN1CCC(c2ncc3n2C(C(=O)O)CCC3)CC1. The molecule has 20 heavy (non-hydrogen) atoms. The van der Waals surface area contributed by atoms with Gasteiger partial charge in [0.1, 0.15) is 11.9 Å². The van der Waals surface area contributed by atoms with Gasteiger partial charge in [0.15, 0.2) is 0 Å². The van der Waals surface area contributed by atoms with E-state index in [4.69, 9.17) is 0 Å². The van der Waals surface area contributed by atoms with Crippen molar-refractivity contribution in [3.8, 4) is 0 Å². The molecule has 0 spiro atoms. The number of aromatic nitrogens is 2. The van der Waals surface area contributed by atoms with E-state index in [1.807, 2.05) is 10.8 Å². The molecule has 1 atom stereocenters. The van der Waals surface area contributed by atoms with Gasteiger partial charge in [-0.3, -0.25) is 0 Å². The Balaban J connectivity index is 1.85. The highest BCUT2D eigenvalue weighted by Gasteiger charge is 2.32. The first kappa shape index (κ1) is 13.6. The minimum absolute atomic E-state index is 0.402. The third-order valence-corrected chi connectivity index (χ3v) is 4.81. The molecule has 1 aromatic rings. The molecule has 3 rings (SSSR count). The molecule has 0 bridgehead atoms. The monoisotopic (exact) mass is 277 g/mol. The van der Waals surface area contributed by atoms with Crippen LogP contribution >= 0.6 is 0 Å². The van der Waals surface area contributed by atoms with E-state index in [1.165, 1.54) is 0 Å². The van der Waals surface area contributed by atoms with Gasteiger partial charge in [-0.2, -0.15) is 0 Å². The van der Waals surface area contributed by atoms with Gasteiger partial charge in [-0.25, -0.2) is 9.78 Å². The Bertz CT molecular complexity index is 489. The Morgan fingerprint density at radius 3 is 2.80 bits per heavy atom. The predicted octanol–water partition coefficient (Wildman–Crippen LogP) is 2.04. The summed E-state index contributed by atoms with van der Waals surface area (Å²) < 4.78 is 2.03. The van der Waals surface area contributed by atoms with Crippen LogP contribution in [0, 0.1) is 0 Å². The molecule has 2 aliphatic rings. The molecule has 1 fully saturated rings. The van der Waals surface area contributed by atoms with Crippen molar-refractivity contribution in [2.45, 2.75) is 51.0 Å². The number of carbonyl (C=O) groups is 1. The summed E-state index contributed by atoms with van der Waals surface area (Å²) in [6, 6.07) is -0.402. The van der Waals surface area contributed by atoms with Crippen LogP contribution < -0.4 is 0 Å². The number of aryl methyl sites for hydroxylation is 1. The molecule has 0 radical (unpaired) electrons. The minimum Gasteiger partial charge on any atom is -0.480 e. The van der Waals surface area contributed by atoms with Crippen LogP contribution in [0.3, 0.4) is 0 Å². The maximum Gasteiger partial charge on any atom is 0.326 e. The van der Waals surface area contributed by atoms with Crippen molar-refractivity contribution in [1.82, 2.24) is 14.5 Å². The minimum atomic E-state index is -0.712. The molecule has 0 aromatic carbocycles. The average molecular weight is 277 g/mol. The van der Waals surface area contributed by atoms with E-state index in [0.717, 1.165) is 63.3 Å². The molecule has 0 saturated carbocycles. The summed E-state index contributed by atoms with van der Waals surface area (Å²) in [6.45, 7) is 5.49. The average Bonchev–Trinajstić information content (AvgIpc) is 2.91. The van der Waals surface area contributed by atoms with E-state index in [0.29, 0.717) is 5.92 Å². The van der Waals surface area contributed by atoms with Gasteiger partial charge in [-0.05, 0) is 51.7 Å². The van der Waals surface area contributed by atoms with Crippen molar-refractivity contribution in [2.75, 3.05) is 19.6 Å². The van der Waals surface area contributed by atoms with Gasteiger partial charge in [-0.15, -0.1) is 0 Å². The zero-order valence-electron chi connectivity index (χ0n) is 12.1. The smallest absolute Gasteiger partial charge is 0.326 e. The van der Waals surface area contributed by atoms with E-state index in [9.17, 15) is 9.90 Å². The summed E-state index contributed by atoms with van der Waals surface area (Å²) in [5.74, 6) is 0.727. The third-order valence-electron chi connectivity index (χ3n) is 4.81. The van der Waals surface area contributed by atoms with Crippen LogP contribution in [-0.2, 0) is 11.2 Å². The fourth-order valence-electron chi connectivity index (χ4n) is 3.61. The standard InChI is InChI=1S/C15H23N3O2/c1-2-17-8-6-11(7-9-17)14-16-10-12-4-3-5-13(15(19)20)18(12)14/h10-11,13H,2-9H2,1H3,(H,19,20). The number of likely N-dealkylation sites (tertiary alicyclic amines) is 1. The summed E-state index contributed by atoms with van der Waals surface area (Å²) in [5.41, 5.74) is 1.11. The molecule has 110 valence electrons. The molecule has 5 heteroatoms. The molecule has 0 aliphatic carbocycles. The molecule has 1 aromatic heterocycles. The molecule has 0 amide bonds. The van der Waals surface area contributed by atoms with E-state index >= 15 is 0 Å². The summed E-state index contributed by atoms with van der Waals surface area (Å²) >= 11 is 0. The Hall–Kier alpha value is -1.36. The van der Waals surface area contributed by atoms with Crippen molar-refractivity contribution in [2.24, 2.45) is 0 Å². The number of nitrogens with zero attached hydrogens (tertiary/aromatic N) is 3. The fraction of sp³-hybridized carbons (Fsp3) is 0.733. The number of hydrogen-bond acceptors (Lipinski definition) is 3. The number of carboxylic acid groups (broad SMARTS) is 1. The normalized spacial score (nSPS) is 24.6. The highest BCUT2D eigenvalue weighted by Crippen LogP contribution is 2.34. The van der Waals surface area contributed by atoms with Crippen molar-refractivity contribution < 1.29 is 9.90 Å². The lowest BCUT2D eigenvalue weighted by Crippen LogP contribution is -2.34. The zero-order valence-corrected chi connectivity index (χ0v) is 12.1. The zero-order chi connectivity index (χ0) is 14.1. The number of fused-ring (bicyclic) bond motifs is 1. The van der Waals surface area contributed by atoms with Gasteiger partial charge in [0.2, 0.25) is 0 Å².